The van der Waals surface area contributed by atoms with Crippen molar-refractivity contribution in [1.82, 2.24) is 4.57 Å². The Bertz CT molecular complexity index is 1540. The molecule has 0 bridgehead atoms. The Morgan fingerprint density at radius 2 is 1.46 bits per heavy atom. The molecule has 6 aromatic rings. The predicted molar refractivity (Wildman–Crippen MR) is 121 cm³/mol. The van der Waals surface area contributed by atoms with E-state index >= 15 is 0 Å². The number of hydrogen-bond donors (Lipinski definition) is 0. The van der Waals surface area contributed by atoms with Gasteiger partial charge in [0.05, 0.1) is 21.2 Å². The standard InChI is InChI=1S/C24H13BrFNS/c25-24-16(26)8-5-10-19(24)27-17-9-3-1-6-14(17)22-18(27)12-13-21-23(22)15-7-2-4-11-20(15)28-21/h1-13H. The first kappa shape index (κ1) is 16.3. The van der Waals surface area contributed by atoms with Gasteiger partial charge in [-0.25, -0.2) is 4.39 Å². The summed E-state index contributed by atoms with van der Waals surface area (Å²) in [7, 11) is 0. The van der Waals surface area contributed by atoms with E-state index in [0.717, 1.165) is 16.7 Å². The monoisotopic (exact) mass is 445 g/mol. The first-order chi connectivity index (χ1) is 13.7. The molecule has 0 radical (unpaired) electrons. The first-order valence-corrected chi connectivity index (χ1v) is 10.6. The van der Waals surface area contributed by atoms with E-state index in [2.05, 4.69) is 75.1 Å². The average molecular weight is 446 g/mol. The number of hydrogen-bond acceptors (Lipinski definition) is 1. The second-order valence-corrected chi connectivity index (χ2v) is 8.73. The molecular weight excluding hydrogens is 433 g/mol. The van der Waals surface area contributed by atoms with Gasteiger partial charge in [-0.15, -0.1) is 11.3 Å². The molecule has 4 heteroatoms. The van der Waals surface area contributed by atoms with Crippen LogP contribution in [0.4, 0.5) is 4.39 Å². The zero-order valence-corrected chi connectivity index (χ0v) is 17.0. The van der Waals surface area contributed by atoms with Crippen LogP contribution in [0.25, 0.3) is 47.7 Å². The largest absolute Gasteiger partial charge is 0.308 e. The van der Waals surface area contributed by atoms with Crippen LogP contribution in [0.1, 0.15) is 0 Å². The minimum atomic E-state index is -0.259. The molecule has 0 spiro atoms. The molecule has 28 heavy (non-hydrogen) atoms. The molecule has 0 saturated carbocycles. The fourth-order valence-electron chi connectivity index (χ4n) is 4.20. The summed E-state index contributed by atoms with van der Waals surface area (Å²) in [5.74, 6) is -0.259. The van der Waals surface area contributed by atoms with Gasteiger partial charge in [-0.2, -0.15) is 0 Å². The van der Waals surface area contributed by atoms with Gasteiger partial charge in [-0.3, -0.25) is 0 Å². The molecule has 0 aliphatic carbocycles. The van der Waals surface area contributed by atoms with Crippen LogP contribution in [0.3, 0.4) is 0 Å². The molecule has 0 fully saturated rings. The number of benzene rings is 4. The number of fused-ring (bicyclic) bond motifs is 7. The van der Waals surface area contributed by atoms with Gasteiger partial charge in [0.25, 0.3) is 0 Å². The highest BCUT2D eigenvalue weighted by Gasteiger charge is 2.19. The summed E-state index contributed by atoms with van der Waals surface area (Å²) < 4.78 is 19.5. The second kappa shape index (κ2) is 5.90. The summed E-state index contributed by atoms with van der Waals surface area (Å²) in [5.41, 5.74) is 2.97. The minimum Gasteiger partial charge on any atom is -0.308 e. The molecule has 0 unspecified atom stereocenters. The van der Waals surface area contributed by atoms with Crippen LogP contribution >= 0.6 is 27.3 Å². The maximum atomic E-state index is 14.3. The number of halogens is 2. The summed E-state index contributed by atoms with van der Waals surface area (Å²) >= 11 is 5.28. The smallest absolute Gasteiger partial charge is 0.139 e. The van der Waals surface area contributed by atoms with E-state index in [1.54, 1.807) is 6.07 Å². The molecule has 4 aromatic carbocycles. The number of aromatic nitrogens is 1. The van der Waals surface area contributed by atoms with E-state index in [1.165, 1.54) is 37.0 Å². The Morgan fingerprint density at radius 3 is 2.36 bits per heavy atom. The van der Waals surface area contributed by atoms with Crippen LogP contribution < -0.4 is 0 Å². The fraction of sp³-hybridized carbons (Fsp3) is 0. The first-order valence-electron chi connectivity index (χ1n) is 9.02. The van der Waals surface area contributed by atoms with E-state index in [-0.39, 0.29) is 5.82 Å². The molecule has 6 rings (SSSR count). The van der Waals surface area contributed by atoms with Gasteiger partial charge in [0, 0.05) is 30.9 Å². The van der Waals surface area contributed by atoms with Crippen molar-refractivity contribution < 1.29 is 4.39 Å². The molecule has 2 heterocycles. The zero-order valence-electron chi connectivity index (χ0n) is 14.6. The molecular formula is C24H13BrFNS. The van der Waals surface area contributed by atoms with Crippen LogP contribution in [0, 0.1) is 5.82 Å². The van der Waals surface area contributed by atoms with Gasteiger partial charge >= 0.3 is 0 Å². The van der Waals surface area contributed by atoms with Crippen molar-refractivity contribution in [2.75, 3.05) is 0 Å². The van der Waals surface area contributed by atoms with Gasteiger partial charge < -0.3 is 4.57 Å². The molecule has 0 amide bonds. The zero-order chi connectivity index (χ0) is 18.8. The highest BCUT2D eigenvalue weighted by Crippen LogP contribution is 2.43. The lowest BCUT2D eigenvalue weighted by Gasteiger charge is -2.10. The minimum absolute atomic E-state index is 0.259. The van der Waals surface area contributed by atoms with Gasteiger partial charge in [-0.1, -0.05) is 42.5 Å². The lowest BCUT2D eigenvalue weighted by molar-refractivity contribution is 0.620. The fourth-order valence-corrected chi connectivity index (χ4v) is 5.75. The molecule has 0 aliphatic rings. The molecule has 0 N–H and O–H groups in total. The third kappa shape index (κ3) is 2.10. The Labute approximate surface area is 172 Å². The van der Waals surface area contributed by atoms with Crippen molar-refractivity contribution in [3.8, 4) is 5.69 Å². The van der Waals surface area contributed by atoms with Gasteiger partial charge in [0.1, 0.15) is 5.82 Å². The summed E-state index contributed by atoms with van der Waals surface area (Å²) in [4.78, 5) is 0. The van der Waals surface area contributed by atoms with Gasteiger partial charge in [0.15, 0.2) is 0 Å². The van der Waals surface area contributed by atoms with Crippen molar-refractivity contribution in [2.45, 2.75) is 0 Å². The number of thiophene rings is 1. The highest BCUT2D eigenvalue weighted by atomic mass is 79.9. The van der Waals surface area contributed by atoms with E-state index in [9.17, 15) is 4.39 Å². The molecule has 0 atom stereocenters. The van der Waals surface area contributed by atoms with E-state index in [4.69, 9.17) is 0 Å². The van der Waals surface area contributed by atoms with E-state index < -0.39 is 0 Å². The molecule has 0 saturated heterocycles. The van der Waals surface area contributed by atoms with Crippen molar-refractivity contribution in [3.05, 3.63) is 89.2 Å². The van der Waals surface area contributed by atoms with E-state index in [1.807, 2.05) is 23.5 Å². The third-order valence-electron chi connectivity index (χ3n) is 5.35. The maximum absolute atomic E-state index is 14.3. The van der Waals surface area contributed by atoms with Crippen LogP contribution in [-0.2, 0) is 0 Å². The van der Waals surface area contributed by atoms with Crippen LogP contribution in [0.2, 0.25) is 0 Å². The van der Waals surface area contributed by atoms with Crippen LogP contribution in [0.5, 0.6) is 0 Å². The van der Waals surface area contributed by atoms with Crippen LogP contribution in [0.15, 0.2) is 83.3 Å². The van der Waals surface area contributed by atoms with Crippen molar-refractivity contribution in [2.24, 2.45) is 0 Å². The molecule has 0 aliphatic heterocycles. The number of rotatable bonds is 1. The lowest BCUT2D eigenvalue weighted by Crippen LogP contribution is -1.96. The number of nitrogens with zero attached hydrogens (tertiary/aromatic N) is 1. The van der Waals surface area contributed by atoms with Gasteiger partial charge in [0.2, 0.25) is 0 Å². The quantitative estimate of drug-likeness (QED) is 0.241. The Hall–Kier alpha value is -2.69. The Balaban J connectivity index is 1.90. The van der Waals surface area contributed by atoms with Gasteiger partial charge in [-0.05, 0) is 52.3 Å². The highest BCUT2D eigenvalue weighted by molar-refractivity contribution is 9.10. The van der Waals surface area contributed by atoms with Crippen molar-refractivity contribution in [1.29, 1.82) is 0 Å². The maximum Gasteiger partial charge on any atom is 0.139 e. The van der Waals surface area contributed by atoms with E-state index in [0.29, 0.717) is 4.47 Å². The van der Waals surface area contributed by atoms with Crippen LogP contribution in [-0.4, -0.2) is 4.57 Å². The third-order valence-corrected chi connectivity index (χ3v) is 7.27. The summed E-state index contributed by atoms with van der Waals surface area (Å²) in [6.45, 7) is 0. The normalized spacial score (nSPS) is 11.9. The molecule has 2 aromatic heterocycles. The topological polar surface area (TPSA) is 4.93 Å². The average Bonchev–Trinajstić information content (AvgIpc) is 3.25. The van der Waals surface area contributed by atoms with Crippen molar-refractivity contribution in [3.63, 3.8) is 0 Å². The lowest BCUT2D eigenvalue weighted by atomic mass is 10.1. The summed E-state index contributed by atoms with van der Waals surface area (Å²) in [6.07, 6.45) is 0. The Morgan fingerprint density at radius 1 is 0.679 bits per heavy atom. The second-order valence-electron chi connectivity index (χ2n) is 6.86. The van der Waals surface area contributed by atoms with Crippen molar-refractivity contribution >= 4 is 69.2 Å². The Kier molecular flexibility index (Phi) is 3.43. The molecule has 134 valence electrons. The predicted octanol–water partition coefficient (Wildman–Crippen LogP) is 8.05. The summed E-state index contributed by atoms with van der Waals surface area (Å²) in [5, 5.41) is 4.96. The molecule has 1 nitrogen and oxygen atoms in total. The number of para-hydroxylation sites is 1. The summed E-state index contributed by atoms with van der Waals surface area (Å²) in [6, 6.07) is 26.4. The SMILES string of the molecule is Fc1cccc(-n2c3ccccc3c3c4c(ccc32)sc2ccccc24)c1Br.